The highest BCUT2D eigenvalue weighted by Crippen LogP contribution is 2.47. The Kier molecular flexibility index (Phi) is 4.14. The Hall–Kier alpha value is -1.72. The summed E-state index contributed by atoms with van der Waals surface area (Å²) >= 11 is 0. The van der Waals surface area contributed by atoms with E-state index in [1.165, 1.54) is 38.5 Å². The third kappa shape index (κ3) is 2.66. The number of fused-ring (bicyclic) bond motifs is 1. The Morgan fingerprint density at radius 2 is 1.96 bits per heavy atom. The summed E-state index contributed by atoms with van der Waals surface area (Å²) in [5.74, 6) is 1.42. The Morgan fingerprint density at radius 1 is 1.12 bits per heavy atom. The zero-order valence-corrected chi connectivity index (χ0v) is 14.2. The van der Waals surface area contributed by atoms with Crippen LogP contribution in [0, 0.1) is 5.41 Å². The third-order valence-electron chi connectivity index (χ3n) is 6.10. The van der Waals surface area contributed by atoms with Crippen molar-refractivity contribution in [2.75, 3.05) is 18.8 Å². The number of nitrogens with zero attached hydrogens (tertiary/aromatic N) is 3. The molecule has 1 saturated heterocycles. The van der Waals surface area contributed by atoms with E-state index in [9.17, 15) is 0 Å². The molecular formula is C19H27N5. The van der Waals surface area contributed by atoms with Crippen molar-refractivity contribution in [2.45, 2.75) is 51.1 Å². The molecule has 1 aromatic carbocycles. The van der Waals surface area contributed by atoms with E-state index in [1.54, 1.807) is 0 Å². The number of nitrogen functional groups attached to an aromatic ring is 1. The third-order valence-corrected chi connectivity index (χ3v) is 6.10. The van der Waals surface area contributed by atoms with Crippen LogP contribution in [0.5, 0.6) is 0 Å². The smallest absolute Gasteiger partial charge is 0.145 e. The van der Waals surface area contributed by atoms with Crippen LogP contribution in [0.4, 0.5) is 5.82 Å². The summed E-state index contributed by atoms with van der Waals surface area (Å²) in [5.41, 5.74) is 13.6. The van der Waals surface area contributed by atoms with Crippen molar-refractivity contribution in [1.29, 1.82) is 0 Å². The molecule has 1 aliphatic heterocycles. The monoisotopic (exact) mass is 325 g/mol. The maximum absolute atomic E-state index is 6.18. The van der Waals surface area contributed by atoms with Gasteiger partial charge in [-0.1, -0.05) is 25.0 Å². The second-order valence-corrected chi connectivity index (χ2v) is 7.44. The van der Waals surface area contributed by atoms with Gasteiger partial charge in [0.2, 0.25) is 0 Å². The molecule has 2 heterocycles. The quantitative estimate of drug-likeness (QED) is 0.903. The number of nitrogens with two attached hydrogens (primary N) is 2. The first kappa shape index (κ1) is 15.8. The van der Waals surface area contributed by atoms with E-state index >= 15 is 0 Å². The van der Waals surface area contributed by atoms with E-state index < -0.39 is 0 Å². The van der Waals surface area contributed by atoms with Crippen molar-refractivity contribution in [1.82, 2.24) is 14.9 Å². The van der Waals surface area contributed by atoms with E-state index in [1.807, 2.05) is 24.3 Å². The summed E-state index contributed by atoms with van der Waals surface area (Å²) < 4.78 is 0. The highest BCUT2D eigenvalue weighted by Gasteiger charge is 2.46. The molecule has 0 radical (unpaired) electrons. The number of para-hydroxylation sites is 1. The molecule has 1 saturated carbocycles. The molecule has 0 amide bonds. The Morgan fingerprint density at radius 3 is 2.71 bits per heavy atom. The number of likely N-dealkylation sites (tertiary alicyclic amines) is 1. The van der Waals surface area contributed by atoms with Crippen molar-refractivity contribution >= 4 is 16.7 Å². The first-order valence-electron chi connectivity index (χ1n) is 9.17. The van der Waals surface area contributed by atoms with E-state index in [2.05, 4.69) is 9.88 Å². The zero-order chi connectivity index (χ0) is 16.6. The molecule has 1 aromatic heterocycles. The highest BCUT2D eigenvalue weighted by atomic mass is 15.2. The summed E-state index contributed by atoms with van der Waals surface area (Å²) in [4.78, 5) is 11.9. The van der Waals surface area contributed by atoms with Crippen LogP contribution < -0.4 is 11.5 Å². The number of hydrogen-bond acceptors (Lipinski definition) is 5. The average molecular weight is 325 g/mol. The molecule has 2 aliphatic rings. The van der Waals surface area contributed by atoms with Gasteiger partial charge in [0.25, 0.3) is 0 Å². The molecule has 4 rings (SSSR count). The van der Waals surface area contributed by atoms with Gasteiger partial charge < -0.3 is 11.5 Å². The van der Waals surface area contributed by atoms with Crippen LogP contribution in [-0.4, -0.2) is 34.0 Å². The maximum Gasteiger partial charge on any atom is 0.145 e. The summed E-state index contributed by atoms with van der Waals surface area (Å²) in [6.45, 7) is 2.69. The minimum Gasteiger partial charge on any atom is -0.383 e. The molecule has 5 heteroatoms. The van der Waals surface area contributed by atoms with Gasteiger partial charge in [-0.15, -0.1) is 0 Å². The van der Waals surface area contributed by atoms with Gasteiger partial charge in [0.05, 0.1) is 12.1 Å². The first-order chi connectivity index (χ1) is 11.7. The van der Waals surface area contributed by atoms with Gasteiger partial charge >= 0.3 is 0 Å². The standard InChI is InChI=1S/C19H27N5/c20-13-19(9-5-10-19)16-8-3-4-11-24(16)12-17-22-15-7-2-1-6-14(15)18(21)23-17/h1-2,6-7,16H,3-5,8-13,20H2,(H2,21,22,23). The van der Waals surface area contributed by atoms with Crippen LogP contribution in [0.25, 0.3) is 10.9 Å². The van der Waals surface area contributed by atoms with Gasteiger partial charge in [0.1, 0.15) is 11.6 Å². The molecule has 0 bridgehead atoms. The Balaban J connectivity index is 1.61. The second-order valence-electron chi connectivity index (χ2n) is 7.44. The minimum atomic E-state index is 0.322. The first-order valence-corrected chi connectivity index (χ1v) is 9.17. The number of piperidine rings is 1. The maximum atomic E-state index is 6.18. The molecule has 5 nitrogen and oxygen atoms in total. The van der Waals surface area contributed by atoms with Gasteiger partial charge in [-0.25, -0.2) is 9.97 Å². The summed E-state index contributed by atoms with van der Waals surface area (Å²) in [7, 11) is 0. The highest BCUT2D eigenvalue weighted by molar-refractivity contribution is 5.87. The number of aromatic nitrogens is 2. The van der Waals surface area contributed by atoms with Gasteiger partial charge in [-0.05, 0) is 56.3 Å². The van der Waals surface area contributed by atoms with Crippen molar-refractivity contribution in [3.8, 4) is 0 Å². The van der Waals surface area contributed by atoms with Crippen LogP contribution in [0.2, 0.25) is 0 Å². The van der Waals surface area contributed by atoms with Crippen LogP contribution in [0.1, 0.15) is 44.3 Å². The van der Waals surface area contributed by atoms with Gasteiger partial charge in [-0.3, -0.25) is 4.90 Å². The molecule has 1 atom stereocenters. The topological polar surface area (TPSA) is 81.1 Å². The number of hydrogen-bond donors (Lipinski definition) is 2. The van der Waals surface area contributed by atoms with Crippen LogP contribution in [-0.2, 0) is 6.54 Å². The Bertz CT molecular complexity index is 719. The van der Waals surface area contributed by atoms with E-state index in [4.69, 9.17) is 16.5 Å². The zero-order valence-electron chi connectivity index (χ0n) is 14.2. The lowest BCUT2D eigenvalue weighted by Crippen LogP contribution is -2.56. The molecular weight excluding hydrogens is 298 g/mol. The fourth-order valence-corrected chi connectivity index (χ4v) is 4.58. The van der Waals surface area contributed by atoms with Gasteiger partial charge in [-0.2, -0.15) is 0 Å². The predicted octanol–water partition coefficient (Wildman–Crippen LogP) is 2.70. The SMILES string of the molecule is NCC1(C2CCCCN2Cc2nc(N)c3ccccc3n2)CCC1. The van der Waals surface area contributed by atoms with Crippen molar-refractivity contribution in [3.05, 3.63) is 30.1 Å². The van der Waals surface area contributed by atoms with E-state index in [0.717, 1.165) is 36.4 Å². The summed E-state index contributed by atoms with van der Waals surface area (Å²) in [6, 6.07) is 8.54. The van der Waals surface area contributed by atoms with Crippen molar-refractivity contribution < 1.29 is 0 Å². The van der Waals surface area contributed by atoms with E-state index in [-0.39, 0.29) is 0 Å². The van der Waals surface area contributed by atoms with Crippen molar-refractivity contribution in [3.63, 3.8) is 0 Å². The van der Waals surface area contributed by atoms with Gasteiger partial charge in [0.15, 0.2) is 0 Å². The number of rotatable bonds is 4. The average Bonchev–Trinajstić information content (AvgIpc) is 2.56. The lowest BCUT2D eigenvalue weighted by atomic mass is 9.62. The molecule has 128 valence electrons. The lowest BCUT2D eigenvalue weighted by Gasteiger charge is -2.53. The van der Waals surface area contributed by atoms with E-state index in [0.29, 0.717) is 17.3 Å². The second kappa shape index (κ2) is 6.30. The van der Waals surface area contributed by atoms with Crippen LogP contribution >= 0.6 is 0 Å². The molecule has 0 spiro atoms. The molecule has 1 unspecified atom stereocenters. The molecule has 2 aromatic rings. The largest absolute Gasteiger partial charge is 0.383 e. The number of anilines is 1. The summed E-state index contributed by atoms with van der Waals surface area (Å²) in [6.07, 6.45) is 7.67. The number of benzene rings is 1. The normalized spacial score (nSPS) is 24.0. The van der Waals surface area contributed by atoms with Crippen molar-refractivity contribution in [2.24, 2.45) is 11.1 Å². The molecule has 24 heavy (non-hydrogen) atoms. The lowest BCUT2D eigenvalue weighted by molar-refractivity contribution is -0.0216. The van der Waals surface area contributed by atoms with Gasteiger partial charge in [0, 0.05) is 11.4 Å². The molecule has 2 fully saturated rings. The fourth-order valence-electron chi connectivity index (χ4n) is 4.58. The molecule has 4 N–H and O–H groups in total. The predicted molar refractivity (Wildman–Crippen MR) is 97.3 cm³/mol. The summed E-state index contributed by atoms with van der Waals surface area (Å²) in [5, 5.41) is 0.939. The fraction of sp³-hybridized carbons (Fsp3) is 0.579. The Labute approximate surface area is 143 Å². The molecule has 1 aliphatic carbocycles. The van der Waals surface area contributed by atoms with Crippen LogP contribution in [0.15, 0.2) is 24.3 Å². The minimum absolute atomic E-state index is 0.322. The van der Waals surface area contributed by atoms with Crippen LogP contribution in [0.3, 0.4) is 0 Å².